The Labute approximate surface area is 117 Å². The van der Waals surface area contributed by atoms with Crippen molar-refractivity contribution in [1.82, 2.24) is 9.88 Å². The Kier molecular flexibility index (Phi) is 3.39. The Morgan fingerprint density at radius 1 is 1.05 bits per heavy atom. The van der Waals surface area contributed by atoms with E-state index >= 15 is 0 Å². The van der Waals surface area contributed by atoms with Gasteiger partial charge in [-0.1, -0.05) is 36.4 Å². The summed E-state index contributed by atoms with van der Waals surface area (Å²) >= 11 is 0. The van der Waals surface area contributed by atoms with Crippen LogP contribution in [0.2, 0.25) is 0 Å². The average molecular weight is 267 g/mol. The number of rotatable bonds is 4. The number of benzene rings is 2. The van der Waals surface area contributed by atoms with Crippen LogP contribution in [0.5, 0.6) is 0 Å². The van der Waals surface area contributed by atoms with Crippen molar-refractivity contribution < 1.29 is 4.42 Å². The average Bonchev–Trinajstić information content (AvgIpc) is 2.83. The van der Waals surface area contributed by atoms with Crippen molar-refractivity contribution in [2.75, 3.05) is 12.8 Å². The Balaban J connectivity index is 1.74. The summed E-state index contributed by atoms with van der Waals surface area (Å²) in [5.74, 6) is 0.691. The highest BCUT2D eigenvalue weighted by Crippen LogP contribution is 2.21. The molecule has 4 heteroatoms. The first-order valence-electron chi connectivity index (χ1n) is 6.59. The van der Waals surface area contributed by atoms with Crippen LogP contribution in [0.25, 0.3) is 11.1 Å². The van der Waals surface area contributed by atoms with Gasteiger partial charge >= 0.3 is 0 Å². The molecule has 0 unspecified atom stereocenters. The first-order valence-corrected chi connectivity index (χ1v) is 6.59. The van der Waals surface area contributed by atoms with E-state index in [4.69, 9.17) is 10.2 Å². The molecule has 0 spiro atoms. The number of anilines is 1. The van der Waals surface area contributed by atoms with Crippen molar-refractivity contribution in [3.05, 3.63) is 60.0 Å². The number of para-hydroxylation sites is 1. The Hall–Kier alpha value is -2.33. The maximum atomic E-state index is 5.89. The molecule has 0 saturated carbocycles. The fourth-order valence-corrected chi connectivity index (χ4v) is 2.27. The molecule has 2 aromatic carbocycles. The number of hydrogen-bond donors (Lipinski definition) is 1. The first-order chi connectivity index (χ1) is 9.72. The molecule has 3 rings (SSSR count). The predicted octanol–water partition coefficient (Wildman–Crippen LogP) is 3.04. The van der Waals surface area contributed by atoms with E-state index < -0.39 is 0 Å². The molecule has 102 valence electrons. The molecule has 0 fully saturated rings. The highest BCUT2D eigenvalue weighted by Gasteiger charge is 2.10. The van der Waals surface area contributed by atoms with E-state index in [1.165, 1.54) is 5.56 Å². The first kappa shape index (κ1) is 12.7. The Bertz CT molecular complexity index is 706. The van der Waals surface area contributed by atoms with E-state index in [9.17, 15) is 0 Å². The third-order valence-electron chi connectivity index (χ3n) is 3.19. The molecule has 0 radical (unpaired) electrons. The summed E-state index contributed by atoms with van der Waals surface area (Å²) in [6.45, 7) is 1.51. The van der Waals surface area contributed by atoms with Crippen molar-refractivity contribution in [1.29, 1.82) is 0 Å². The van der Waals surface area contributed by atoms with E-state index in [2.05, 4.69) is 22.0 Å². The van der Waals surface area contributed by atoms with Crippen molar-refractivity contribution in [2.45, 2.75) is 13.1 Å². The van der Waals surface area contributed by atoms with Crippen LogP contribution < -0.4 is 5.73 Å². The Morgan fingerprint density at radius 2 is 1.85 bits per heavy atom. The van der Waals surface area contributed by atoms with Gasteiger partial charge in [-0.3, -0.25) is 4.90 Å². The van der Waals surface area contributed by atoms with Crippen molar-refractivity contribution >= 4 is 16.8 Å². The fraction of sp³-hybridized carbons (Fsp3) is 0.188. The van der Waals surface area contributed by atoms with Crippen LogP contribution in [0.4, 0.5) is 5.69 Å². The Morgan fingerprint density at radius 3 is 2.60 bits per heavy atom. The topological polar surface area (TPSA) is 55.3 Å². The van der Waals surface area contributed by atoms with E-state index in [-0.39, 0.29) is 0 Å². The van der Waals surface area contributed by atoms with Gasteiger partial charge in [0.05, 0.1) is 12.2 Å². The fourth-order valence-electron chi connectivity index (χ4n) is 2.27. The molecular weight excluding hydrogens is 250 g/mol. The molecule has 1 aromatic heterocycles. The van der Waals surface area contributed by atoms with Gasteiger partial charge in [0, 0.05) is 6.54 Å². The zero-order chi connectivity index (χ0) is 13.9. The van der Waals surface area contributed by atoms with Gasteiger partial charge in [0.15, 0.2) is 5.58 Å². The zero-order valence-electron chi connectivity index (χ0n) is 11.4. The predicted molar refractivity (Wildman–Crippen MR) is 80.0 cm³/mol. The number of nitrogen functional groups attached to an aromatic ring is 1. The molecule has 0 amide bonds. The molecule has 2 N–H and O–H groups in total. The maximum absolute atomic E-state index is 5.89. The van der Waals surface area contributed by atoms with Gasteiger partial charge < -0.3 is 10.2 Å². The number of aromatic nitrogens is 1. The van der Waals surface area contributed by atoms with Crippen molar-refractivity contribution in [3.8, 4) is 0 Å². The SMILES string of the molecule is CN(Cc1ccccc1)Cc1nc2c(N)cccc2o1. The number of nitrogens with zero attached hydrogens (tertiary/aromatic N) is 2. The normalized spacial score (nSPS) is 11.3. The maximum Gasteiger partial charge on any atom is 0.209 e. The van der Waals surface area contributed by atoms with Crippen molar-refractivity contribution in [2.24, 2.45) is 0 Å². The molecule has 20 heavy (non-hydrogen) atoms. The number of nitrogens with two attached hydrogens (primary N) is 1. The van der Waals surface area contributed by atoms with Crippen LogP contribution in [0.3, 0.4) is 0 Å². The van der Waals surface area contributed by atoms with Gasteiger partial charge in [-0.2, -0.15) is 0 Å². The van der Waals surface area contributed by atoms with Crippen LogP contribution in [-0.2, 0) is 13.1 Å². The molecule has 0 atom stereocenters. The molecular formula is C16H17N3O. The lowest BCUT2D eigenvalue weighted by atomic mass is 10.2. The summed E-state index contributed by atoms with van der Waals surface area (Å²) < 4.78 is 5.72. The lowest BCUT2D eigenvalue weighted by molar-refractivity contribution is 0.285. The number of hydrogen-bond acceptors (Lipinski definition) is 4. The van der Waals surface area contributed by atoms with Gasteiger partial charge in [-0.25, -0.2) is 4.98 Å². The molecule has 4 nitrogen and oxygen atoms in total. The van der Waals surface area contributed by atoms with E-state index in [0.717, 1.165) is 17.6 Å². The molecule has 3 aromatic rings. The number of fused-ring (bicyclic) bond motifs is 1. The summed E-state index contributed by atoms with van der Waals surface area (Å²) in [5.41, 5.74) is 9.30. The van der Waals surface area contributed by atoms with Crippen LogP contribution in [0, 0.1) is 0 Å². The van der Waals surface area contributed by atoms with E-state index in [1.54, 1.807) is 0 Å². The highest BCUT2D eigenvalue weighted by molar-refractivity contribution is 5.85. The zero-order valence-corrected chi connectivity index (χ0v) is 11.4. The molecule has 0 aliphatic carbocycles. The lowest BCUT2D eigenvalue weighted by Gasteiger charge is -2.14. The third-order valence-corrected chi connectivity index (χ3v) is 3.19. The quantitative estimate of drug-likeness (QED) is 0.738. The summed E-state index contributed by atoms with van der Waals surface area (Å²) in [6.07, 6.45) is 0. The second-order valence-corrected chi connectivity index (χ2v) is 4.96. The number of oxazole rings is 1. The smallest absolute Gasteiger partial charge is 0.209 e. The summed E-state index contributed by atoms with van der Waals surface area (Å²) in [7, 11) is 2.05. The summed E-state index contributed by atoms with van der Waals surface area (Å²) in [4.78, 5) is 6.62. The highest BCUT2D eigenvalue weighted by atomic mass is 16.3. The molecule has 0 aliphatic rings. The van der Waals surface area contributed by atoms with Gasteiger partial charge in [0.1, 0.15) is 5.52 Å². The summed E-state index contributed by atoms with van der Waals surface area (Å²) in [6, 6.07) is 15.9. The van der Waals surface area contributed by atoms with E-state index in [1.807, 2.05) is 43.4 Å². The van der Waals surface area contributed by atoms with Crippen molar-refractivity contribution in [3.63, 3.8) is 0 Å². The monoisotopic (exact) mass is 267 g/mol. The van der Waals surface area contributed by atoms with Crippen LogP contribution in [0.1, 0.15) is 11.5 Å². The minimum absolute atomic E-state index is 0.656. The summed E-state index contributed by atoms with van der Waals surface area (Å²) in [5, 5.41) is 0. The van der Waals surface area contributed by atoms with Crippen LogP contribution in [-0.4, -0.2) is 16.9 Å². The van der Waals surface area contributed by atoms with Gasteiger partial charge in [0.25, 0.3) is 0 Å². The second kappa shape index (κ2) is 5.35. The minimum atomic E-state index is 0.656. The molecule has 1 heterocycles. The molecule has 0 saturated heterocycles. The van der Waals surface area contributed by atoms with Gasteiger partial charge in [0.2, 0.25) is 5.89 Å². The van der Waals surface area contributed by atoms with Gasteiger partial charge in [-0.15, -0.1) is 0 Å². The standard InChI is InChI=1S/C16H17N3O/c1-19(10-12-6-3-2-4-7-12)11-15-18-16-13(17)8-5-9-14(16)20-15/h2-9H,10-11,17H2,1H3. The third kappa shape index (κ3) is 2.65. The van der Waals surface area contributed by atoms with Crippen LogP contribution in [0.15, 0.2) is 52.9 Å². The molecule has 0 bridgehead atoms. The molecule has 0 aliphatic heterocycles. The second-order valence-electron chi connectivity index (χ2n) is 4.96. The van der Waals surface area contributed by atoms with Crippen LogP contribution >= 0.6 is 0 Å². The van der Waals surface area contributed by atoms with E-state index in [0.29, 0.717) is 18.1 Å². The van der Waals surface area contributed by atoms with Gasteiger partial charge in [-0.05, 0) is 24.7 Å². The largest absolute Gasteiger partial charge is 0.439 e. The lowest BCUT2D eigenvalue weighted by Crippen LogP contribution is -2.17. The minimum Gasteiger partial charge on any atom is -0.439 e.